The number of fused-ring (bicyclic) bond motifs is 1. The number of carboxylic acid groups (broad SMARTS) is 1. The molecule has 0 bridgehead atoms. The highest BCUT2D eigenvalue weighted by molar-refractivity contribution is 7.99. The zero-order valence-corrected chi connectivity index (χ0v) is 18.1. The molecule has 1 atom stereocenters. The van der Waals surface area contributed by atoms with Gasteiger partial charge in [0.25, 0.3) is 0 Å². The monoisotopic (exact) mass is 446 g/mol. The average molecular weight is 447 g/mol. The molecule has 5 rings (SSSR count). The molecule has 0 aliphatic carbocycles. The summed E-state index contributed by atoms with van der Waals surface area (Å²) in [4.78, 5) is 35.3. The molecule has 32 heavy (non-hydrogen) atoms. The zero-order valence-electron chi connectivity index (χ0n) is 17.3. The van der Waals surface area contributed by atoms with Crippen molar-refractivity contribution in [3.63, 3.8) is 0 Å². The topological polar surface area (TPSA) is 91.2 Å². The van der Waals surface area contributed by atoms with Crippen LogP contribution in [0.2, 0.25) is 0 Å². The van der Waals surface area contributed by atoms with Gasteiger partial charge in [0.15, 0.2) is 10.7 Å². The van der Waals surface area contributed by atoms with Crippen LogP contribution in [0.4, 0.5) is 0 Å². The van der Waals surface area contributed by atoms with Crippen LogP contribution in [-0.2, 0) is 15.1 Å². The highest BCUT2D eigenvalue weighted by atomic mass is 32.2. The van der Waals surface area contributed by atoms with Crippen LogP contribution in [0.1, 0.15) is 18.4 Å². The Labute approximate surface area is 189 Å². The molecule has 1 amide bonds. The number of imidazole rings is 1. The van der Waals surface area contributed by atoms with E-state index in [4.69, 9.17) is 0 Å². The van der Waals surface area contributed by atoms with Gasteiger partial charge in [0.2, 0.25) is 5.91 Å². The van der Waals surface area contributed by atoms with Crippen molar-refractivity contribution >= 4 is 34.7 Å². The molecule has 0 spiro atoms. The first-order valence-corrected chi connectivity index (χ1v) is 11.4. The van der Waals surface area contributed by atoms with Gasteiger partial charge in [-0.25, -0.2) is 9.78 Å². The molecule has 0 radical (unpaired) electrons. The Morgan fingerprint density at radius 2 is 1.81 bits per heavy atom. The summed E-state index contributed by atoms with van der Waals surface area (Å²) in [6.45, 7) is 0.409. The third kappa shape index (κ3) is 3.36. The summed E-state index contributed by atoms with van der Waals surface area (Å²) in [6.07, 6.45) is 4.77. The number of aliphatic carboxylic acids is 1. The number of carbonyl (C=O) groups is 2. The number of amides is 1. The minimum atomic E-state index is -1.40. The lowest BCUT2D eigenvalue weighted by Crippen LogP contribution is -2.51. The van der Waals surface area contributed by atoms with E-state index in [9.17, 15) is 14.7 Å². The Morgan fingerprint density at radius 1 is 1.06 bits per heavy atom. The summed E-state index contributed by atoms with van der Waals surface area (Å²) < 4.78 is 1.89. The van der Waals surface area contributed by atoms with Crippen LogP contribution >= 0.6 is 11.8 Å². The first-order valence-electron chi connectivity index (χ1n) is 10.4. The maximum Gasteiger partial charge on any atom is 0.334 e. The second kappa shape index (κ2) is 8.20. The fourth-order valence-electron chi connectivity index (χ4n) is 4.52. The third-order valence-corrected chi connectivity index (χ3v) is 6.83. The molecular weight excluding hydrogens is 424 g/mol. The van der Waals surface area contributed by atoms with Crippen LogP contribution in [0.3, 0.4) is 0 Å². The van der Waals surface area contributed by atoms with Crippen molar-refractivity contribution in [3.8, 4) is 5.69 Å². The maximum absolute atomic E-state index is 13.3. The first kappa shape index (κ1) is 20.4. The SMILES string of the molecule is O=C(CSc1nc2ccccc2[nH]1)N1CCC[C@]1(C(=O)O)c1ccccc1-n1cccc1. The number of carboxylic acids is 1. The average Bonchev–Trinajstić information content (AvgIpc) is 3.56. The van der Waals surface area contributed by atoms with Crippen LogP contribution < -0.4 is 0 Å². The predicted octanol–water partition coefficient (Wildman–Crippen LogP) is 4.05. The summed E-state index contributed by atoms with van der Waals surface area (Å²) in [5.74, 6) is -1.10. The molecule has 0 saturated carbocycles. The summed E-state index contributed by atoms with van der Waals surface area (Å²) in [6, 6.07) is 18.9. The summed E-state index contributed by atoms with van der Waals surface area (Å²) in [7, 11) is 0. The molecule has 2 N–H and O–H groups in total. The van der Waals surface area contributed by atoms with E-state index in [1.54, 1.807) is 0 Å². The molecule has 1 fully saturated rings. The van der Waals surface area contributed by atoms with Crippen LogP contribution in [0.5, 0.6) is 0 Å². The number of benzene rings is 2. The van der Waals surface area contributed by atoms with Crippen molar-refractivity contribution in [2.24, 2.45) is 0 Å². The van der Waals surface area contributed by atoms with Crippen LogP contribution in [0.25, 0.3) is 16.7 Å². The molecule has 1 saturated heterocycles. The van der Waals surface area contributed by atoms with Crippen molar-refractivity contribution in [2.75, 3.05) is 12.3 Å². The fourth-order valence-corrected chi connectivity index (χ4v) is 5.28. The third-order valence-electron chi connectivity index (χ3n) is 5.97. The van der Waals surface area contributed by atoms with Gasteiger partial charge in [0, 0.05) is 24.5 Å². The van der Waals surface area contributed by atoms with Gasteiger partial charge in [-0.1, -0.05) is 42.1 Å². The number of hydrogen-bond donors (Lipinski definition) is 2. The summed E-state index contributed by atoms with van der Waals surface area (Å²) >= 11 is 1.29. The number of carbonyl (C=O) groups excluding carboxylic acids is 1. The second-order valence-electron chi connectivity index (χ2n) is 7.77. The molecule has 4 aromatic rings. The number of likely N-dealkylation sites (tertiary alicyclic amines) is 1. The van der Waals surface area contributed by atoms with E-state index in [0.717, 1.165) is 16.7 Å². The lowest BCUT2D eigenvalue weighted by atomic mass is 9.85. The number of hydrogen-bond acceptors (Lipinski definition) is 4. The molecule has 8 heteroatoms. The van der Waals surface area contributed by atoms with Crippen molar-refractivity contribution in [1.82, 2.24) is 19.4 Å². The van der Waals surface area contributed by atoms with E-state index in [0.29, 0.717) is 30.1 Å². The van der Waals surface area contributed by atoms with Gasteiger partial charge < -0.3 is 19.6 Å². The Kier molecular flexibility index (Phi) is 5.22. The van der Waals surface area contributed by atoms with Gasteiger partial charge in [-0.15, -0.1) is 0 Å². The second-order valence-corrected chi connectivity index (χ2v) is 8.73. The van der Waals surface area contributed by atoms with E-state index < -0.39 is 11.5 Å². The van der Waals surface area contributed by atoms with Gasteiger partial charge in [-0.3, -0.25) is 4.79 Å². The van der Waals surface area contributed by atoms with E-state index in [-0.39, 0.29) is 11.7 Å². The predicted molar refractivity (Wildman–Crippen MR) is 123 cm³/mol. The van der Waals surface area contributed by atoms with Gasteiger partial charge in [0.05, 0.1) is 22.5 Å². The number of H-pyrrole nitrogens is 1. The number of aromatic amines is 1. The number of aromatic nitrogens is 3. The maximum atomic E-state index is 13.3. The van der Waals surface area contributed by atoms with Crippen LogP contribution in [0.15, 0.2) is 78.2 Å². The Balaban J connectivity index is 1.46. The van der Waals surface area contributed by atoms with Crippen LogP contribution in [0, 0.1) is 0 Å². The first-order chi connectivity index (χ1) is 15.6. The number of nitrogens with one attached hydrogen (secondary N) is 1. The lowest BCUT2D eigenvalue weighted by Gasteiger charge is -2.36. The van der Waals surface area contributed by atoms with Gasteiger partial charge >= 0.3 is 5.97 Å². The molecule has 162 valence electrons. The molecule has 2 aromatic carbocycles. The van der Waals surface area contributed by atoms with Crippen LogP contribution in [-0.4, -0.2) is 48.7 Å². The standard InChI is InChI=1S/C24H22N4O3S/c29-21(16-32-23-25-18-9-2-3-10-19(18)26-23)28-15-7-12-24(28,22(30)31)17-8-1-4-11-20(17)27-13-5-6-14-27/h1-6,8-11,13-14H,7,12,15-16H2,(H,25,26)(H,30,31)/t24-/m1/s1. The molecule has 3 heterocycles. The Hall–Kier alpha value is -3.52. The van der Waals surface area contributed by atoms with Crippen molar-refractivity contribution in [3.05, 3.63) is 78.6 Å². The molecular formula is C24H22N4O3S. The quantitative estimate of drug-likeness (QED) is 0.436. The van der Waals surface area contributed by atoms with Crippen molar-refractivity contribution in [2.45, 2.75) is 23.5 Å². The Bertz CT molecular complexity index is 1250. The smallest absolute Gasteiger partial charge is 0.334 e. The summed E-state index contributed by atoms with van der Waals surface area (Å²) in [5, 5.41) is 11.1. The fraction of sp³-hybridized carbons (Fsp3) is 0.208. The van der Waals surface area contributed by atoms with E-state index >= 15 is 0 Å². The van der Waals surface area contributed by atoms with Gasteiger partial charge in [0.1, 0.15) is 0 Å². The number of thioether (sulfide) groups is 1. The van der Waals surface area contributed by atoms with E-state index in [1.807, 2.05) is 77.6 Å². The molecule has 2 aromatic heterocycles. The minimum Gasteiger partial charge on any atom is -0.479 e. The number of para-hydroxylation sites is 3. The Morgan fingerprint density at radius 3 is 2.59 bits per heavy atom. The number of rotatable bonds is 6. The van der Waals surface area contributed by atoms with Crippen molar-refractivity contribution < 1.29 is 14.7 Å². The largest absolute Gasteiger partial charge is 0.479 e. The van der Waals surface area contributed by atoms with Crippen molar-refractivity contribution in [1.29, 1.82) is 0 Å². The zero-order chi connectivity index (χ0) is 22.1. The van der Waals surface area contributed by atoms with Gasteiger partial charge in [-0.2, -0.15) is 0 Å². The number of nitrogens with zero attached hydrogens (tertiary/aromatic N) is 3. The van der Waals surface area contributed by atoms with Gasteiger partial charge in [-0.05, 0) is 43.2 Å². The summed E-state index contributed by atoms with van der Waals surface area (Å²) in [5.41, 5.74) is 1.74. The molecule has 1 aliphatic heterocycles. The normalized spacial score (nSPS) is 18.3. The van der Waals surface area contributed by atoms with E-state index in [1.165, 1.54) is 16.7 Å². The van der Waals surface area contributed by atoms with E-state index in [2.05, 4.69) is 9.97 Å². The minimum absolute atomic E-state index is 0.112. The molecule has 1 aliphatic rings. The highest BCUT2D eigenvalue weighted by Crippen LogP contribution is 2.42. The molecule has 0 unspecified atom stereocenters. The molecule has 7 nitrogen and oxygen atoms in total. The highest BCUT2D eigenvalue weighted by Gasteiger charge is 2.52. The lowest BCUT2D eigenvalue weighted by molar-refractivity contribution is -0.156.